The number of hydrogen-bond donors (Lipinski definition) is 0. The van der Waals surface area contributed by atoms with Crippen LogP contribution in [0.5, 0.6) is 0 Å². The normalized spacial score (nSPS) is 14.8. The lowest BCUT2D eigenvalue weighted by molar-refractivity contribution is -0.144. The Labute approximate surface area is 189 Å². The first-order valence-electron chi connectivity index (χ1n) is 9.39. The first-order chi connectivity index (χ1) is 15.9. The van der Waals surface area contributed by atoms with E-state index in [4.69, 9.17) is 0 Å². The van der Waals surface area contributed by atoms with Gasteiger partial charge in [0.25, 0.3) is 0 Å². The van der Waals surface area contributed by atoms with Gasteiger partial charge in [-0.2, -0.15) is 52.7 Å². The summed E-state index contributed by atoms with van der Waals surface area (Å²) in [4.78, 5) is 0. The Hall–Kier alpha value is -3.31. The molecule has 0 amide bonds. The van der Waals surface area contributed by atoms with Crippen LogP contribution in [0.25, 0.3) is 5.57 Å². The zero-order chi connectivity index (χ0) is 26.4. The van der Waals surface area contributed by atoms with Crippen molar-refractivity contribution in [2.45, 2.75) is 24.7 Å². The third-order valence-electron chi connectivity index (χ3n) is 4.82. The van der Waals surface area contributed by atoms with Gasteiger partial charge in [-0.3, -0.25) is 0 Å². The van der Waals surface area contributed by atoms with Crippen LogP contribution in [0.1, 0.15) is 33.4 Å². The van der Waals surface area contributed by atoms with Gasteiger partial charge >= 0.3 is 24.7 Å². The molecule has 35 heavy (non-hydrogen) atoms. The van der Waals surface area contributed by atoms with Gasteiger partial charge < -0.3 is 0 Å². The van der Waals surface area contributed by atoms with Gasteiger partial charge in [-0.05, 0) is 36.4 Å². The molecule has 0 radical (unpaired) electrons. The molecule has 0 aromatic heterocycles. The number of halogens is 12. The summed E-state index contributed by atoms with van der Waals surface area (Å²) in [5.41, 5.74) is -9.74. The highest BCUT2D eigenvalue weighted by Gasteiger charge is 2.40. The molecule has 2 aromatic carbocycles. The third kappa shape index (κ3) is 6.04. The highest BCUT2D eigenvalue weighted by molar-refractivity contribution is 5.86. The van der Waals surface area contributed by atoms with Crippen LogP contribution < -0.4 is 0 Å². The lowest BCUT2D eigenvalue weighted by Gasteiger charge is -2.18. The SMILES string of the molecule is FC(F)(F)c1cc(C(=C2C=CC=C[CH+]2)c2cc(C(F)(F)F)cc(C(F)(F)F)c2)cc(C(F)(F)F)c1. The molecular weight excluding hydrogens is 504 g/mol. The van der Waals surface area contributed by atoms with E-state index in [1.165, 1.54) is 18.2 Å². The zero-order valence-electron chi connectivity index (χ0n) is 16.9. The van der Waals surface area contributed by atoms with Crippen LogP contribution in [0.4, 0.5) is 52.7 Å². The Bertz CT molecular complexity index is 1060. The Morgan fingerprint density at radius 1 is 0.486 bits per heavy atom. The summed E-state index contributed by atoms with van der Waals surface area (Å²) in [5, 5.41) is 0. The molecule has 0 unspecified atom stereocenters. The van der Waals surface area contributed by atoms with Gasteiger partial charge in [0.1, 0.15) is 5.57 Å². The number of rotatable bonds is 2. The van der Waals surface area contributed by atoms with Crippen molar-refractivity contribution < 1.29 is 52.7 Å². The van der Waals surface area contributed by atoms with Crippen LogP contribution in [0, 0.1) is 6.42 Å². The average Bonchev–Trinajstić information content (AvgIpc) is 2.72. The molecule has 0 saturated heterocycles. The molecule has 0 atom stereocenters. The number of allylic oxidation sites excluding steroid dienone is 5. The summed E-state index contributed by atoms with van der Waals surface area (Å²) < 4.78 is 160. The topological polar surface area (TPSA) is 0 Å². The second-order valence-corrected chi connectivity index (χ2v) is 7.33. The summed E-state index contributed by atoms with van der Waals surface area (Å²) in [6.45, 7) is 0. The second-order valence-electron chi connectivity index (χ2n) is 7.33. The highest BCUT2D eigenvalue weighted by atomic mass is 19.4. The fourth-order valence-corrected chi connectivity index (χ4v) is 3.30. The second kappa shape index (κ2) is 8.72. The Morgan fingerprint density at radius 2 is 0.829 bits per heavy atom. The monoisotopic (exact) mass is 515 g/mol. The third-order valence-corrected chi connectivity index (χ3v) is 4.82. The highest BCUT2D eigenvalue weighted by Crippen LogP contribution is 2.43. The molecule has 0 aliphatic heterocycles. The van der Waals surface area contributed by atoms with Crippen molar-refractivity contribution in [1.29, 1.82) is 0 Å². The largest absolute Gasteiger partial charge is 0.416 e. The average molecular weight is 515 g/mol. The van der Waals surface area contributed by atoms with Gasteiger partial charge in [0.05, 0.1) is 27.8 Å². The lowest BCUT2D eigenvalue weighted by Crippen LogP contribution is -2.14. The minimum atomic E-state index is -5.29. The van der Waals surface area contributed by atoms with Crippen LogP contribution in [-0.4, -0.2) is 0 Å². The molecule has 0 fully saturated rings. The van der Waals surface area contributed by atoms with Crippen molar-refractivity contribution in [2.75, 3.05) is 0 Å². The summed E-state index contributed by atoms with van der Waals surface area (Å²) >= 11 is 0. The number of benzene rings is 2. The van der Waals surface area contributed by atoms with E-state index in [9.17, 15) is 52.7 Å². The molecule has 3 rings (SSSR count). The molecule has 0 saturated carbocycles. The molecule has 0 bridgehead atoms. The van der Waals surface area contributed by atoms with Crippen molar-refractivity contribution in [3.63, 3.8) is 0 Å². The minimum Gasteiger partial charge on any atom is -0.166 e. The summed E-state index contributed by atoms with van der Waals surface area (Å²) in [5.74, 6) is 0. The molecule has 0 spiro atoms. The predicted octanol–water partition coefficient (Wildman–Crippen LogP) is 8.89. The van der Waals surface area contributed by atoms with E-state index in [-0.39, 0.29) is 42.0 Å². The maximum atomic E-state index is 13.4. The van der Waals surface area contributed by atoms with Crippen LogP contribution in [0.15, 0.2) is 66.3 Å². The molecule has 186 valence electrons. The summed E-state index contributed by atoms with van der Waals surface area (Å²) in [6, 6.07) is 0.575. The summed E-state index contributed by atoms with van der Waals surface area (Å²) in [6.07, 6.45) is -15.0. The van der Waals surface area contributed by atoms with Crippen LogP contribution in [0.3, 0.4) is 0 Å². The number of hydrogen-bond acceptors (Lipinski definition) is 0. The molecule has 0 heterocycles. The van der Waals surface area contributed by atoms with E-state index in [0.717, 1.165) is 12.5 Å². The molecule has 1 aliphatic carbocycles. The first kappa shape index (κ1) is 26.3. The van der Waals surface area contributed by atoms with Gasteiger partial charge in [0.2, 0.25) is 0 Å². The standard InChI is InChI=1S/C23H11F12/c24-20(25,26)15-6-13(7-16(10-15)21(27,28)29)19(12-4-2-1-3-5-12)14-8-17(22(30,31)32)11-18(9-14)23(33,34)35/h1-11H/q+1. The summed E-state index contributed by atoms with van der Waals surface area (Å²) in [7, 11) is 0. The van der Waals surface area contributed by atoms with Crippen molar-refractivity contribution in [3.05, 3.63) is 106 Å². The van der Waals surface area contributed by atoms with Crippen molar-refractivity contribution in [1.82, 2.24) is 0 Å². The molecule has 0 nitrogen and oxygen atoms in total. The molecule has 12 heteroatoms. The van der Waals surface area contributed by atoms with E-state index in [1.54, 1.807) is 0 Å². The quantitative estimate of drug-likeness (QED) is 0.277. The minimum absolute atomic E-state index is 0.195. The van der Waals surface area contributed by atoms with Crippen molar-refractivity contribution >= 4 is 5.57 Å². The molecule has 0 N–H and O–H groups in total. The first-order valence-corrected chi connectivity index (χ1v) is 9.39. The zero-order valence-corrected chi connectivity index (χ0v) is 16.9. The van der Waals surface area contributed by atoms with Gasteiger partial charge in [0.15, 0.2) is 0 Å². The molecule has 1 aliphatic rings. The lowest BCUT2D eigenvalue weighted by atomic mass is 9.86. The van der Waals surface area contributed by atoms with E-state index in [1.807, 2.05) is 0 Å². The van der Waals surface area contributed by atoms with Gasteiger partial charge in [-0.15, -0.1) is 0 Å². The maximum absolute atomic E-state index is 13.4. The van der Waals surface area contributed by atoms with Gasteiger partial charge in [-0.25, -0.2) is 0 Å². The smallest absolute Gasteiger partial charge is 0.166 e. The van der Waals surface area contributed by atoms with Gasteiger partial charge in [0, 0.05) is 41.9 Å². The fourth-order valence-electron chi connectivity index (χ4n) is 3.30. The van der Waals surface area contributed by atoms with Crippen LogP contribution in [-0.2, 0) is 24.7 Å². The van der Waals surface area contributed by atoms with Crippen LogP contribution in [0.2, 0.25) is 0 Å². The fraction of sp³-hybridized carbons (Fsp3) is 0.174. The van der Waals surface area contributed by atoms with Crippen molar-refractivity contribution in [3.8, 4) is 0 Å². The maximum Gasteiger partial charge on any atom is 0.416 e. The van der Waals surface area contributed by atoms with Crippen LogP contribution >= 0.6 is 0 Å². The molecule has 2 aromatic rings. The van der Waals surface area contributed by atoms with E-state index < -0.39 is 63.7 Å². The Balaban J connectivity index is 2.43. The van der Waals surface area contributed by atoms with Crippen molar-refractivity contribution in [2.24, 2.45) is 0 Å². The molecular formula is C23H11F12+. The van der Waals surface area contributed by atoms with E-state index in [2.05, 4.69) is 0 Å². The number of alkyl halides is 12. The van der Waals surface area contributed by atoms with E-state index in [0.29, 0.717) is 0 Å². The predicted molar refractivity (Wildman–Crippen MR) is 101 cm³/mol. The van der Waals surface area contributed by atoms with E-state index >= 15 is 0 Å². The Kier molecular flexibility index (Phi) is 6.55. The Morgan fingerprint density at radius 3 is 1.09 bits per heavy atom. The van der Waals surface area contributed by atoms with Gasteiger partial charge in [-0.1, -0.05) is 0 Å².